The minimum atomic E-state index is -0.790. The second-order valence-corrected chi connectivity index (χ2v) is 15.1. The van der Waals surface area contributed by atoms with Gasteiger partial charge in [-0.2, -0.15) is 0 Å². The maximum atomic E-state index is 14.4. The van der Waals surface area contributed by atoms with Gasteiger partial charge in [-0.25, -0.2) is 23.6 Å². The minimum absolute atomic E-state index is 0.0291. The number of benzene rings is 4. The maximum absolute atomic E-state index is 14.4. The van der Waals surface area contributed by atoms with Gasteiger partial charge in [-0.15, -0.1) is 0 Å². The van der Waals surface area contributed by atoms with Crippen molar-refractivity contribution in [2.75, 3.05) is 39.5 Å². The Morgan fingerprint density at radius 1 is 0.500 bits per heavy atom. The molecule has 0 fully saturated rings. The number of hydrogen-bond acceptors (Lipinski definition) is 14. The number of halogens is 1. The Hall–Kier alpha value is -8.14. The Kier molecular flexibility index (Phi) is 21.3. The second-order valence-electron chi connectivity index (χ2n) is 15.1. The van der Waals surface area contributed by atoms with E-state index in [1.54, 1.807) is 60.7 Å². The third-order valence-corrected chi connectivity index (χ3v) is 8.92. The second kappa shape index (κ2) is 26.7. The molecule has 0 saturated carbocycles. The van der Waals surface area contributed by atoms with Crippen LogP contribution >= 0.6 is 0 Å². The van der Waals surface area contributed by atoms with E-state index < -0.39 is 47.7 Å². The summed E-state index contributed by atoms with van der Waals surface area (Å²) in [7, 11) is 0. The van der Waals surface area contributed by atoms with Crippen LogP contribution in [0.4, 0.5) is 4.39 Å². The van der Waals surface area contributed by atoms with E-state index in [0.29, 0.717) is 28.2 Å². The quantitative estimate of drug-likeness (QED) is 0.0336. The first kappa shape index (κ1) is 54.2. The van der Waals surface area contributed by atoms with Crippen LogP contribution in [0.3, 0.4) is 0 Å². The first-order valence-corrected chi connectivity index (χ1v) is 20.9. The van der Waals surface area contributed by atoms with Crippen LogP contribution in [0.5, 0.6) is 17.2 Å². The molecule has 358 valence electrons. The SMILES string of the molecule is C=C(C)C(=O)OCC(COC(=O)C(=C)C)Oc1ccc(-c2ccc(OC(C)=O)cc2F)cc1.C=C(C)C(=O)OCCN(CCOC(=O)C(=C)C)C(=O)c1ccc(-c2ccc(OC(C)=O)cc2)cc1. The lowest BCUT2D eigenvalue weighted by atomic mass is 10.0. The van der Waals surface area contributed by atoms with E-state index in [1.807, 2.05) is 12.1 Å². The standard InChI is InChI=1S/C27H29NO7.C25H25FO7/c1-18(2)26(31)33-16-14-28(15-17-34-27(32)19(3)4)25(30)23-8-6-21(7-9-23)22-10-12-24(13-11-22)35-20(5)29;1-15(2)24(28)30-13-21(14-31-25(29)16(3)4)33-19-8-6-18(7-9-19)22-11-10-20(12-23(22)26)32-17(5)27/h6-13H,1,3,14-17H2,2,4-5H3;6-12,21H,1,3,13-14H2,2,4-5H3. The summed E-state index contributed by atoms with van der Waals surface area (Å²) in [5, 5.41) is 0. The van der Waals surface area contributed by atoms with Gasteiger partial charge >= 0.3 is 35.8 Å². The molecule has 68 heavy (non-hydrogen) atoms. The van der Waals surface area contributed by atoms with E-state index in [1.165, 1.54) is 58.6 Å². The van der Waals surface area contributed by atoms with E-state index in [0.717, 1.165) is 17.2 Å². The molecular weight excluding hydrogens is 882 g/mol. The van der Waals surface area contributed by atoms with Crippen molar-refractivity contribution in [2.45, 2.75) is 47.6 Å². The monoisotopic (exact) mass is 935 g/mol. The van der Waals surface area contributed by atoms with Crippen LogP contribution in [0.1, 0.15) is 51.9 Å². The first-order valence-electron chi connectivity index (χ1n) is 20.9. The van der Waals surface area contributed by atoms with E-state index in [2.05, 4.69) is 26.3 Å². The van der Waals surface area contributed by atoms with Crippen molar-refractivity contribution in [1.29, 1.82) is 0 Å². The van der Waals surface area contributed by atoms with Gasteiger partial charge in [-0.3, -0.25) is 14.4 Å². The zero-order valence-corrected chi connectivity index (χ0v) is 38.8. The summed E-state index contributed by atoms with van der Waals surface area (Å²) in [6, 6.07) is 24.6. The molecule has 15 nitrogen and oxygen atoms in total. The zero-order valence-electron chi connectivity index (χ0n) is 38.8. The number of amides is 1. The van der Waals surface area contributed by atoms with Gasteiger partial charge in [0.15, 0.2) is 6.10 Å². The highest BCUT2D eigenvalue weighted by Crippen LogP contribution is 2.29. The van der Waals surface area contributed by atoms with Crippen molar-refractivity contribution in [3.63, 3.8) is 0 Å². The Morgan fingerprint density at radius 2 is 0.882 bits per heavy atom. The molecule has 4 aromatic carbocycles. The molecule has 0 aliphatic rings. The number of nitrogens with zero attached hydrogens (tertiary/aromatic N) is 1. The molecule has 16 heteroatoms. The third kappa shape index (κ3) is 18.4. The Bertz CT molecular complexity index is 2450. The number of hydrogen-bond donors (Lipinski definition) is 0. The van der Waals surface area contributed by atoms with Crippen LogP contribution in [0.15, 0.2) is 140 Å². The molecular formula is C52H54FNO14. The molecule has 0 spiro atoms. The topological polar surface area (TPSA) is 187 Å². The highest BCUT2D eigenvalue weighted by atomic mass is 19.1. The molecule has 0 saturated heterocycles. The first-order chi connectivity index (χ1) is 32.1. The Balaban J connectivity index is 0.000000361. The van der Waals surface area contributed by atoms with Gasteiger partial charge in [0.05, 0.1) is 13.1 Å². The number of rotatable bonds is 21. The largest absolute Gasteiger partial charge is 0.483 e. The summed E-state index contributed by atoms with van der Waals surface area (Å²) in [5.41, 5.74) is 4.00. The van der Waals surface area contributed by atoms with Crippen LogP contribution < -0.4 is 14.2 Å². The van der Waals surface area contributed by atoms with Gasteiger partial charge in [-0.05, 0) is 92.9 Å². The number of carbonyl (C=O) groups excluding carboxylic acids is 7. The average molecular weight is 936 g/mol. The molecule has 4 aromatic rings. The summed E-state index contributed by atoms with van der Waals surface area (Å²) in [5.74, 6) is -3.14. The van der Waals surface area contributed by atoms with E-state index >= 15 is 0 Å². The van der Waals surface area contributed by atoms with Crippen molar-refractivity contribution in [1.82, 2.24) is 4.90 Å². The number of esters is 6. The van der Waals surface area contributed by atoms with Crippen molar-refractivity contribution in [2.24, 2.45) is 0 Å². The van der Waals surface area contributed by atoms with Gasteiger partial charge in [-0.1, -0.05) is 62.7 Å². The highest BCUT2D eigenvalue weighted by Gasteiger charge is 2.20. The number of ether oxygens (including phenoxy) is 7. The normalized spacial score (nSPS) is 10.2. The number of carbonyl (C=O) groups is 7. The smallest absolute Gasteiger partial charge is 0.333 e. The zero-order chi connectivity index (χ0) is 50.5. The van der Waals surface area contributed by atoms with Crippen molar-refractivity contribution in [3.8, 4) is 39.5 Å². The van der Waals surface area contributed by atoms with Crippen LogP contribution in [0.2, 0.25) is 0 Å². The predicted molar refractivity (Wildman–Crippen MR) is 250 cm³/mol. The van der Waals surface area contributed by atoms with Crippen molar-refractivity contribution < 1.29 is 71.1 Å². The van der Waals surface area contributed by atoms with Crippen molar-refractivity contribution >= 4 is 41.7 Å². The van der Waals surface area contributed by atoms with E-state index in [-0.39, 0.29) is 73.5 Å². The van der Waals surface area contributed by atoms with Crippen molar-refractivity contribution in [3.05, 3.63) is 151 Å². The Labute approximate surface area is 394 Å². The Morgan fingerprint density at radius 3 is 1.31 bits per heavy atom. The summed E-state index contributed by atoms with van der Waals surface area (Å²) >= 11 is 0. The molecule has 4 rings (SSSR count). The molecule has 0 aromatic heterocycles. The van der Waals surface area contributed by atoms with E-state index in [4.69, 9.17) is 33.2 Å². The highest BCUT2D eigenvalue weighted by molar-refractivity contribution is 5.95. The molecule has 0 N–H and O–H groups in total. The lowest BCUT2D eigenvalue weighted by Crippen LogP contribution is -2.37. The lowest BCUT2D eigenvalue weighted by molar-refractivity contribution is -0.146. The predicted octanol–water partition coefficient (Wildman–Crippen LogP) is 8.36. The van der Waals surface area contributed by atoms with Gasteiger partial charge < -0.3 is 38.1 Å². The fourth-order valence-corrected chi connectivity index (χ4v) is 5.49. The molecule has 0 bridgehead atoms. The summed E-state index contributed by atoms with van der Waals surface area (Å²) in [6.07, 6.45) is -0.790. The van der Waals surface area contributed by atoms with Crippen LogP contribution in [0, 0.1) is 5.82 Å². The molecule has 0 aliphatic heterocycles. The fraction of sp³-hybridized carbons (Fsp3) is 0.250. The molecule has 0 radical (unpaired) electrons. The van der Waals surface area contributed by atoms with Gasteiger partial charge in [0, 0.05) is 53.3 Å². The maximum Gasteiger partial charge on any atom is 0.333 e. The lowest BCUT2D eigenvalue weighted by Gasteiger charge is -2.23. The van der Waals surface area contributed by atoms with Crippen LogP contribution in [-0.4, -0.2) is 92.2 Å². The van der Waals surface area contributed by atoms with Crippen LogP contribution in [-0.2, 0) is 47.7 Å². The molecule has 0 atom stereocenters. The average Bonchev–Trinajstić information content (AvgIpc) is 3.29. The molecule has 0 heterocycles. The van der Waals surface area contributed by atoms with Gasteiger partial charge in [0.1, 0.15) is 49.5 Å². The van der Waals surface area contributed by atoms with Crippen LogP contribution in [0.25, 0.3) is 22.3 Å². The molecule has 1 amide bonds. The fourth-order valence-electron chi connectivity index (χ4n) is 5.49. The van der Waals surface area contributed by atoms with E-state index in [9.17, 15) is 38.0 Å². The van der Waals surface area contributed by atoms with Gasteiger partial charge in [0.25, 0.3) is 5.91 Å². The summed E-state index contributed by atoms with van der Waals surface area (Å²) < 4.78 is 50.6. The third-order valence-electron chi connectivity index (χ3n) is 8.92. The minimum Gasteiger partial charge on any atom is -0.483 e. The molecule has 0 unspecified atom stereocenters. The summed E-state index contributed by atoms with van der Waals surface area (Å²) in [4.78, 5) is 83.4. The summed E-state index contributed by atoms with van der Waals surface area (Å²) in [6.45, 7) is 22.6. The molecule has 0 aliphatic carbocycles. The van der Waals surface area contributed by atoms with Gasteiger partial charge in [0.2, 0.25) is 0 Å².